The molecule has 2 heterocycles. The van der Waals surface area contributed by atoms with E-state index in [1.54, 1.807) is 47.5 Å². The van der Waals surface area contributed by atoms with Gasteiger partial charge in [-0.25, -0.2) is 13.8 Å². The van der Waals surface area contributed by atoms with Crippen molar-refractivity contribution in [1.29, 1.82) is 0 Å². The number of thiazole rings is 1. The Morgan fingerprint density at radius 3 is 2.47 bits per heavy atom. The maximum Gasteiger partial charge on any atom is 0.309 e. The highest BCUT2D eigenvalue weighted by molar-refractivity contribution is 7.09. The molecular weight excluding hydrogens is 484 g/mol. The molecule has 0 atom stereocenters. The van der Waals surface area contributed by atoms with Crippen LogP contribution in [0.1, 0.15) is 46.4 Å². The number of nitrogens with zero attached hydrogens (tertiary/aromatic N) is 3. The quantitative estimate of drug-likeness (QED) is 0.375. The number of ether oxygens (including phenoxy) is 1. The van der Waals surface area contributed by atoms with Gasteiger partial charge in [-0.2, -0.15) is 0 Å². The zero-order chi connectivity index (χ0) is 25.5. The SMILES string of the molecule is CCOC(=O)C1CCN(C(=O)c2csc(CN(Cc3ccc(F)cc3)Cc3ccccc3F)n2)CC1. The summed E-state index contributed by atoms with van der Waals surface area (Å²) >= 11 is 1.38. The Bertz CT molecular complexity index is 1180. The molecule has 1 saturated heterocycles. The van der Waals surface area contributed by atoms with Crippen molar-refractivity contribution in [1.82, 2.24) is 14.8 Å². The number of piperidine rings is 1. The summed E-state index contributed by atoms with van der Waals surface area (Å²) in [6.45, 7) is 4.34. The number of halogens is 2. The number of hydrogen-bond donors (Lipinski definition) is 0. The molecule has 6 nitrogen and oxygen atoms in total. The second-order valence-corrected chi connectivity index (χ2v) is 9.75. The summed E-state index contributed by atoms with van der Waals surface area (Å²) in [7, 11) is 0. The van der Waals surface area contributed by atoms with E-state index in [-0.39, 0.29) is 29.4 Å². The number of amides is 1. The third-order valence-corrected chi connectivity index (χ3v) is 7.04. The van der Waals surface area contributed by atoms with Gasteiger partial charge in [-0.15, -0.1) is 11.3 Å². The van der Waals surface area contributed by atoms with Gasteiger partial charge in [-0.05, 0) is 43.5 Å². The lowest BCUT2D eigenvalue weighted by molar-refractivity contribution is -0.149. The fraction of sp³-hybridized carbons (Fsp3) is 0.370. The summed E-state index contributed by atoms with van der Waals surface area (Å²) in [5.41, 5.74) is 1.82. The van der Waals surface area contributed by atoms with E-state index in [2.05, 4.69) is 4.98 Å². The molecule has 0 aliphatic carbocycles. The van der Waals surface area contributed by atoms with E-state index in [4.69, 9.17) is 4.74 Å². The van der Waals surface area contributed by atoms with Crippen molar-refractivity contribution >= 4 is 23.2 Å². The molecule has 1 aliphatic rings. The van der Waals surface area contributed by atoms with Crippen LogP contribution in [0.15, 0.2) is 53.9 Å². The van der Waals surface area contributed by atoms with E-state index in [0.29, 0.717) is 63.4 Å². The largest absolute Gasteiger partial charge is 0.466 e. The smallest absolute Gasteiger partial charge is 0.309 e. The van der Waals surface area contributed by atoms with Crippen molar-refractivity contribution in [2.45, 2.75) is 39.4 Å². The van der Waals surface area contributed by atoms with Gasteiger partial charge >= 0.3 is 5.97 Å². The van der Waals surface area contributed by atoms with Gasteiger partial charge in [-0.1, -0.05) is 30.3 Å². The average Bonchev–Trinajstić information content (AvgIpc) is 3.35. The molecule has 1 fully saturated rings. The van der Waals surface area contributed by atoms with Crippen molar-refractivity contribution in [3.05, 3.63) is 87.4 Å². The first-order valence-electron chi connectivity index (χ1n) is 12.0. The van der Waals surface area contributed by atoms with E-state index < -0.39 is 0 Å². The number of benzene rings is 2. The van der Waals surface area contributed by atoms with Crippen molar-refractivity contribution in [3.8, 4) is 0 Å². The van der Waals surface area contributed by atoms with Crippen LogP contribution in [-0.4, -0.2) is 46.4 Å². The molecule has 36 heavy (non-hydrogen) atoms. The van der Waals surface area contributed by atoms with Crippen molar-refractivity contribution in [2.75, 3.05) is 19.7 Å². The number of likely N-dealkylation sites (tertiary alicyclic amines) is 1. The first-order chi connectivity index (χ1) is 17.4. The number of esters is 1. The summed E-state index contributed by atoms with van der Waals surface area (Å²) < 4.78 is 32.8. The van der Waals surface area contributed by atoms with Crippen LogP contribution in [0.5, 0.6) is 0 Å². The minimum Gasteiger partial charge on any atom is -0.466 e. The molecule has 0 unspecified atom stereocenters. The third-order valence-electron chi connectivity index (χ3n) is 6.20. The molecule has 0 bridgehead atoms. The average molecular weight is 514 g/mol. The zero-order valence-corrected chi connectivity index (χ0v) is 21.0. The number of hydrogen-bond acceptors (Lipinski definition) is 6. The van der Waals surface area contributed by atoms with Crippen molar-refractivity contribution < 1.29 is 23.1 Å². The van der Waals surface area contributed by atoms with E-state index in [0.717, 1.165) is 10.6 Å². The third kappa shape index (κ3) is 6.73. The standard InChI is InChI=1S/C27H29F2N3O3S/c1-2-35-27(34)20-11-13-32(14-12-20)26(33)24-18-36-25(30-24)17-31(15-19-7-9-22(28)10-8-19)16-21-5-3-4-6-23(21)29/h3-10,18,20H,2,11-17H2,1H3. The molecule has 1 amide bonds. The number of rotatable bonds is 9. The zero-order valence-electron chi connectivity index (χ0n) is 20.2. The summed E-state index contributed by atoms with van der Waals surface area (Å²) in [6, 6.07) is 12.8. The lowest BCUT2D eigenvalue weighted by Gasteiger charge is -2.30. The highest BCUT2D eigenvalue weighted by Gasteiger charge is 2.29. The van der Waals surface area contributed by atoms with Crippen LogP contribution in [0.2, 0.25) is 0 Å². The van der Waals surface area contributed by atoms with Gasteiger partial charge in [0.25, 0.3) is 5.91 Å². The lowest BCUT2D eigenvalue weighted by Crippen LogP contribution is -2.40. The van der Waals surface area contributed by atoms with Gasteiger partial charge < -0.3 is 9.64 Å². The Hall–Kier alpha value is -3.17. The van der Waals surface area contributed by atoms with Gasteiger partial charge in [0.05, 0.1) is 19.1 Å². The molecule has 190 valence electrons. The summed E-state index contributed by atoms with van der Waals surface area (Å²) in [4.78, 5) is 33.3. The number of aromatic nitrogens is 1. The monoisotopic (exact) mass is 513 g/mol. The van der Waals surface area contributed by atoms with Gasteiger partial charge in [0, 0.05) is 37.1 Å². The number of carbonyl (C=O) groups is 2. The fourth-order valence-corrected chi connectivity index (χ4v) is 5.11. The van der Waals surface area contributed by atoms with E-state index in [1.807, 2.05) is 4.90 Å². The maximum atomic E-state index is 14.3. The first-order valence-corrected chi connectivity index (χ1v) is 12.9. The van der Waals surface area contributed by atoms with Crippen LogP contribution in [0.4, 0.5) is 8.78 Å². The van der Waals surface area contributed by atoms with Crippen LogP contribution in [0, 0.1) is 17.6 Å². The Kier molecular flexibility index (Phi) is 8.77. The highest BCUT2D eigenvalue weighted by Crippen LogP contribution is 2.23. The van der Waals surface area contributed by atoms with Gasteiger partial charge in [0.15, 0.2) is 0 Å². The van der Waals surface area contributed by atoms with E-state index in [1.165, 1.54) is 29.5 Å². The fourth-order valence-electron chi connectivity index (χ4n) is 4.30. The second kappa shape index (κ2) is 12.2. The van der Waals surface area contributed by atoms with Gasteiger partial charge in [-0.3, -0.25) is 14.5 Å². The summed E-state index contributed by atoms with van der Waals surface area (Å²) in [5, 5.41) is 2.48. The minimum absolute atomic E-state index is 0.154. The Morgan fingerprint density at radius 2 is 1.78 bits per heavy atom. The highest BCUT2D eigenvalue weighted by atomic mass is 32.1. The molecule has 3 aromatic rings. The van der Waals surface area contributed by atoms with Gasteiger partial charge in [0.2, 0.25) is 0 Å². The van der Waals surface area contributed by atoms with E-state index in [9.17, 15) is 18.4 Å². The van der Waals surface area contributed by atoms with Crippen LogP contribution in [-0.2, 0) is 29.2 Å². The molecule has 2 aromatic carbocycles. The van der Waals surface area contributed by atoms with Crippen molar-refractivity contribution in [2.24, 2.45) is 5.92 Å². The number of carbonyl (C=O) groups excluding carboxylic acids is 2. The van der Waals surface area contributed by atoms with Crippen LogP contribution < -0.4 is 0 Å². The normalized spacial score (nSPS) is 14.3. The Morgan fingerprint density at radius 1 is 1.06 bits per heavy atom. The topological polar surface area (TPSA) is 62.7 Å². The minimum atomic E-state index is -0.311. The van der Waals surface area contributed by atoms with Crippen LogP contribution in [0.3, 0.4) is 0 Å². The second-order valence-electron chi connectivity index (χ2n) is 8.81. The molecule has 0 radical (unpaired) electrons. The molecule has 4 rings (SSSR count). The Labute approximate surface area is 213 Å². The molecule has 1 aromatic heterocycles. The van der Waals surface area contributed by atoms with Crippen LogP contribution >= 0.6 is 11.3 Å². The molecule has 1 aliphatic heterocycles. The first kappa shape index (κ1) is 25.9. The maximum absolute atomic E-state index is 14.3. The van der Waals surface area contributed by atoms with Gasteiger partial charge in [0.1, 0.15) is 22.3 Å². The molecular formula is C27H29F2N3O3S. The lowest BCUT2D eigenvalue weighted by atomic mass is 9.97. The van der Waals surface area contributed by atoms with E-state index >= 15 is 0 Å². The van der Waals surface area contributed by atoms with Crippen LogP contribution in [0.25, 0.3) is 0 Å². The predicted molar refractivity (Wildman–Crippen MR) is 133 cm³/mol. The van der Waals surface area contributed by atoms with Crippen molar-refractivity contribution in [3.63, 3.8) is 0 Å². The Balaban J connectivity index is 1.42. The summed E-state index contributed by atoms with van der Waals surface area (Å²) in [5.74, 6) is -1.12. The molecule has 0 saturated carbocycles. The molecule has 0 N–H and O–H groups in total. The predicted octanol–water partition coefficient (Wildman–Crippen LogP) is 5.04. The molecule has 0 spiro atoms. The molecule has 9 heteroatoms. The summed E-state index contributed by atoms with van der Waals surface area (Å²) in [6.07, 6.45) is 1.16.